The molecular formula is C8H16N3+. The molecule has 0 aliphatic heterocycles. The lowest BCUT2D eigenvalue weighted by atomic mass is 10.2. The standard InChI is InChI=1S/C8H16N3/c1-6(2)8-9-11(5)7(3)10(8)4/h6H,1-5H3/q+1. The van der Waals surface area contributed by atoms with E-state index in [1.54, 1.807) is 0 Å². The first-order chi connectivity index (χ1) is 5.04. The zero-order valence-electron chi connectivity index (χ0n) is 7.92. The average Bonchev–Trinajstić information content (AvgIpc) is 2.17. The molecule has 1 aromatic heterocycles. The van der Waals surface area contributed by atoms with Gasteiger partial charge in [0.25, 0.3) is 5.82 Å². The van der Waals surface area contributed by atoms with Crippen LogP contribution in [0, 0.1) is 6.92 Å². The molecule has 11 heavy (non-hydrogen) atoms. The second-order valence-corrected chi connectivity index (χ2v) is 3.24. The molecule has 0 spiro atoms. The van der Waals surface area contributed by atoms with Crippen LogP contribution in [0.15, 0.2) is 0 Å². The van der Waals surface area contributed by atoms with Crippen LogP contribution in [0.1, 0.15) is 31.4 Å². The van der Waals surface area contributed by atoms with Crippen LogP contribution in [-0.2, 0) is 14.1 Å². The van der Waals surface area contributed by atoms with Crippen molar-refractivity contribution in [2.75, 3.05) is 0 Å². The van der Waals surface area contributed by atoms with Gasteiger partial charge in [-0.3, -0.25) is 0 Å². The van der Waals surface area contributed by atoms with Gasteiger partial charge in [0.2, 0.25) is 5.82 Å². The van der Waals surface area contributed by atoms with E-state index < -0.39 is 0 Å². The quantitative estimate of drug-likeness (QED) is 0.545. The molecule has 1 heterocycles. The van der Waals surface area contributed by atoms with Crippen molar-refractivity contribution in [2.24, 2.45) is 14.1 Å². The van der Waals surface area contributed by atoms with Crippen molar-refractivity contribution < 1.29 is 4.57 Å². The highest BCUT2D eigenvalue weighted by Crippen LogP contribution is 2.05. The van der Waals surface area contributed by atoms with Gasteiger partial charge in [-0.15, -0.1) is 4.68 Å². The lowest BCUT2D eigenvalue weighted by Crippen LogP contribution is -2.35. The highest BCUT2D eigenvalue weighted by Gasteiger charge is 2.19. The Morgan fingerprint density at radius 1 is 1.45 bits per heavy atom. The van der Waals surface area contributed by atoms with Crippen LogP contribution in [0.3, 0.4) is 0 Å². The Balaban J connectivity index is 3.19. The Bertz CT molecular complexity index is 261. The average molecular weight is 154 g/mol. The van der Waals surface area contributed by atoms with E-state index >= 15 is 0 Å². The van der Waals surface area contributed by atoms with E-state index in [2.05, 4.69) is 37.5 Å². The summed E-state index contributed by atoms with van der Waals surface area (Å²) >= 11 is 0. The minimum absolute atomic E-state index is 0.500. The van der Waals surface area contributed by atoms with Crippen LogP contribution in [0.2, 0.25) is 0 Å². The molecule has 0 fully saturated rings. The van der Waals surface area contributed by atoms with Crippen LogP contribution in [0.25, 0.3) is 0 Å². The summed E-state index contributed by atoms with van der Waals surface area (Å²) < 4.78 is 4.04. The molecule has 0 aliphatic carbocycles. The Kier molecular flexibility index (Phi) is 1.98. The molecule has 0 aliphatic rings. The summed E-state index contributed by atoms with van der Waals surface area (Å²) in [5, 5.41) is 4.39. The maximum absolute atomic E-state index is 4.39. The van der Waals surface area contributed by atoms with Gasteiger partial charge < -0.3 is 0 Å². The van der Waals surface area contributed by atoms with E-state index in [1.165, 1.54) is 5.82 Å². The molecule has 0 radical (unpaired) electrons. The SMILES string of the molecule is Cc1n(C)nc(C(C)C)[n+]1C. The minimum atomic E-state index is 0.500. The van der Waals surface area contributed by atoms with Crippen LogP contribution in [0.4, 0.5) is 0 Å². The van der Waals surface area contributed by atoms with Gasteiger partial charge in [0.15, 0.2) is 0 Å². The second kappa shape index (κ2) is 2.64. The molecule has 0 unspecified atom stereocenters. The van der Waals surface area contributed by atoms with Gasteiger partial charge in [0.1, 0.15) is 0 Å². The molecule has 0 atom stereocenters. The Morgan fingerprint density at radius 2 is 2.00 bits per heavy atom. The zero-order valence-corrected chi connectivity index (χ0v) is 7.92. The fourth-order valence-corrected chi connectivity index (χ4v) is 1.18. The number of hydrogen-bond acceptors (Lipinski definition) is 1. The lowest BCUT2D eigenvalue weighted by Gasteiger charge is -1.95. The van der Waals surface area contributed by atoms with Crippen molar-refractivity contribution in [1.29, 1.82) is 0 Å². The Morgan fingerprint density at radius 3 is 2.18 bits per heavy atom. The van der Waals surface area contributed by atoms with Crippen LogP contribution < -0.4 is 4.57 Å². The maximum atomic E-state index is 4.39. The second-order valence-electron chi connectivity index (χ2n) is 3.24. The van der Waals surface area contributed by atoms with Gasteiger partial charge in [0, 0.05) is 17.9 Å². The Hall–Kier alpha value is -0.860. The van der Waals surface area contributed by atoms with Crippen LogP contribution >= 0.6 is 0 Å². The van der Waals surface area contributed by atoms with E-state index in [4.69, 9.17) is 0 Å². The number of rotatable bonds is 1. The number of nitrogens with zero attached hydrogens (tertiary/aromatic N) is 3. The van der Waals surface area contributed by atoms with Gasteiger partial charge in [-0.1, -0.05) is 13.8 Å². The fourth-order valence-electron chi connectivity index (χ4n) is 1.18. The van der Waals surface area contributed by atoms with E-state index in [0.717, 1.165) is 5.82 Å². The lowest BCUT2D eigenvalue weighted by molar-refractivity contribution is -0.687. The number of aromatic nitrogens is 3. The molecule has 0 amide bonds. The molecule has 3 nitrogen and oxygen atoms in total. The van der Waals surface area contributed by atoms with Gasteiger partial charge >= 0.3 is 0 Å². The molecule has 0 N–H and O–H groups in total. The molecule has 1 aromatic rings. The van der Waals surface area contributed by atoms with Gasteiger partial charge in [-0.2, -0.15) is 0 Å². The summed E-state index contributed by atoms with van der Waals surface area (Å²) in [5.74, 6) is 2.83. The molecule has 1 rings (SSSR count). The largest absolute Gasteiger partial charge is 0.279 e. The summed E-state index contributed by atoms with van der Waals surface area (Å²) in [7, 11) is 4.03. The third-order valence-electron chi connectivity index (χ3n) is 2.07. The highest BCUT2D eigenvalue weighted by molar-refractivity contribution is 4.83. The van der Waals surface area contributed by atoms with Crippen molar-refractivity contribution in [2.45, 2.75) is 26.7 Å². The first-order valence-electron chi connectivity index (χ1n) is 3.93. The monoisotopic (exact) mass is 154 g/mol. The van der Waals surface area contributed by atoms with Crippen molar-refractivity contribution in [3.05, 3.63) is 11.6 Å². The first-order valence-corrected chi connectivity index (χ1v) is 3.93. The third-order valence-corrected chi connectivity index (χ3v) is 2.07. The molecule has 3 heteroatoms. The smallest absolute Gasteiger partial charge is 0.235 e. The normalized spacial score (nSPS) is 11.1. The summed E-state index contributed by atoms with van der Waals surface area (Å²) in [4.78, 5) is 0. The van der Waals surface area contributed by atoms with E-state index in [9.17, 15) is 0 Å². The molecule has 0 saturated carbocycles. The topological polar surface area (TPSA) is 21.7 Å². The van der Waals surface area contributed by atoms with Crippen molar-refractivity contribution in [3.63, 3.8) is 0 Å². The Labute approximate surface area is 67.7 Å². The number of aryl methyl sites for hydroxylation is 1. The van der Waals surface area contributed by atoms with Crippen molar-refractivity contribution in [3.8, 4) is 0 Å². The molecule has 0 aromatic carbocycles. The van der Waals surface area contributed by atoms with Crippen LogP contribution in [0.5, 0.6) is 0 Å². The van der Waals surface area contributed by atoms with Gasteiger partial charge in [-0.05, 0) is 0 Å². The van der Waals surface area contributed by atoms with E-state index in [-0.39, 0.29) is 0 Å². The molecule has 62 valence electrons. The van der Waals surface area contributed by atoms with Gasteiger partial charge in [-0.25, -0.2) is 4.57 Å². The summed E-state index contributed by atoms with van der Waals surface area (Å²) in [6.45, 7) is 6.38. The van der Waals surface area contributed by atoms with Gasteiger partial charge in [0.05, 0.1) is 14.1 Å². The van der Waals surface area contributed by atoms with Crippen LogP contribution in [-0.4, -0.2) is 9.78 Å². The predicted molar refractivity (Wildman–Crippen MR) is 43.2 cm³/mol. The molecular weight excluding hydrogens is 138 g/mol. The summed E-state index contributed by atoms with van der Waals surface area (Å²) in [6, 6.07) is 0. The molecule has 0 saturated heterocycles. The van der Waals surface area contributed by atoms with Crippen molar-refractivity contribution in [1.82, 2.24) is 9.78 Å². The first kappa shape index (κ1) is 8.24. The van der Waals surface area contributed by atoms with E-state index in [1.807, 2.05) is 11.7 Å². The molecule has 0 bridgehead atoms. The fraction of sp³-hybridized carbons (Fsp3) is 0.750. The number of hydrogen-bond donors (Lipinski definition) is 0. The maximum Gasteiger partial charge on any atom is 0.279 e. The highest BCUT2D eigenvalue weighted by atomic mass is 15.4. The summed E-state index contributed by atoms with van der Waals surface area (Å²) in [5.41, 5.74) is 0. The minimum Gasteiger partial charge on any atom is -0.235 e. The third kappa shape index (κ3) is 1.27. The summed E-state index contributed by atoms with van der Waals surface area (Å²) in [6.07, 6.45) is 0. The van der Waals surface area contributed by atoms with E-state index in [0.29, 0.717) is 5.92 Å². The van der Waals surface area contributed by atoms with Crippen molar-refractivity contribution >= 4 is 0 Å². The predicted octanol–water partition coefficient (Wildman–Crippen LogP) is 0.676. The zero-order chi connectivity index (χ0) is 8.59.